The van der Waals surface area contributed by atoms with Gasteiger partial charge in [0, 0.05) is 23.5 Å². The number of hydrogen-bond donors (Lipinski definition) is 1. The lowest BCUT2D eigenvalue weighted by Gasteiger charge is -2.05. The van der Waals surface area contributed by atoms with Crippen LogP contribution in [0.1, 0.15) is 10.4 Å². The summed E-state index contributed by atoms with van der Waals surface area (Å²) < 4.78 is 10.5. The first-order valence-corrected chi connectivity index (χ1v) is 7.12. The van der Waals surface area contributed by atoms with Crippen molar-refractivity contribution >= 4 is 23.1 Å². The van der Waals surface area contributed by atoms with Gasteiger partial charge in [-0.25, -0.2) is 0 Å². The van der Waals surface area contributed by atoms with Crippen LogP contribution in [0.15, 0.2) is 54.2 Å². The lowest BCUT2D eigenvalue weighted by atomic mass is 10.1. The Balaban J connectivity index is 1.81. The number of carbonyl (C=O) groups is 1. The Bertz CT molecular complexity index is 840. The standard InChI is InChI=1S/C17H11ClN2O3/c18-14-4-2-1-3-13(14)17(21)11(8-19)9-20-12-5-6-15-16(7-12)23-10-22-15/h1-7,9,20H,10H2/b11-9-. The molecule has 0 saturated carbocycles. The number of anilines is 1. The second-order valence-electron chi connectivity index (χ2n) is 4.69. The fourth-order valence-corrected chi connectivity index (χ4v) is 2.30. The summed E-state index contributed by atoms with van der Waals surface area (Å²) in [7, 11) is 0. The van der Waals surface area contributed by atoms with E-state index in [1.165, 1.54) is 6.20 Å². The van der Waals surface area contributed by atoms with Crippen LogP contribution in [0.2, 0.25) is 5.02 Å². The summed E-state index contributed by atoms with van der Waals surface area (Å²) in [6.07, 6.45) is 1.35. The number of allylic oxidation sites excluding steroid dienone is 1. The molecule has 5 nitrogen and oxygen atoms in total. The molecule has 6 heteroatoms. The van der Waals surface area contributed by atoms with E-state index in [0.29, 0.717) is 22.2 Å². The molecule has 23 heavy (non-hydrogen) atoms. The van der Waals surface area contributed by atoms with Crippen molar-refractivity contribution in [2.24, 2.45) is 0 Å². The van der Waals surface area contributed by atoms with Crippen LogP contribution in [0.3, 0.4) is 0 Å². The highest BCUT2D eigenvalue weighted by molar-refractivity contribution is 6.35. The molecule has 1 N–H and O–H groups in total. The van der Waals surface area contributed by atoms with Crippen molar-refractivity contribution in [2.75, 3.05) is 12.1 Å². The Hall–Kier alpha value is -2.97. The van der Waals surface area contributed by atoms with Gasteiger partial charge in [-0.15, -0.1) is 0 Å². The van der Waals surface area contributed by atoms with Crippen LogP contribution in [-0.4, -0.2) is 12.6 Å². The van der Waals surface area contributed by atoms with Gasteiger partial charge in [0.2, 0.25) is 12.6 Å². The zero-order chi connectivity index (χ0) is 16.2. The normalized spacial score (nSPS) is 12.6. The minimum Gasteiger partial charge on any atom is -0.454 e. The number of rotatable bonds is 4. The van der Waals surface area contributed by atoms with Gasteiger partial charge < -0.3 is 14.8 Å². The maximum atomic E-state index is 12.3. The minimum absolute atomic E-state index is 0.0456. The molecule has 0 unspecified atom stereocenters. The number of fused-ring (bicyclic) bond motifs is 1. The van der Waals surface area contributed by atoms with Gasteiger partial charge in [-0.1, -0.05) is 23.7 Å². The van der Waals surface area contributed by atoms with Crippen molar-refractivity contribution in [3.8, 4) is 17.6 Å². The zero-order valence-corrected chi connectivity index (χ0v) is 12.6. The number of carbonyl (C=O) groups excluding carboxylic acids is 1. The summed E-state index contributed by atoms with van der Waals surface area (Å²) in [4.78, 5) is 12.3. The molecule has 1 aliphatic heterocycles. The van der Waals surface area contributed by atoms with E-state index in [1.807, 2.05) is 6.07 Å². The number of Topliss-reactive ketones (excluding diaryl/α,β-unsaturated/α-hetero) is 1. The molecule has 2 aromatic rings. The van der Waals surface area contributed by atoms with Crippen molar-refractivity contribution in [3.05, 3.63) is 64.8 Å². The number of nitrogens with zero attached hydrogens (tertiary/aromatic N) is 1. The van der Waals surface area contributed by atoms with Gasteiger partial charge in [0.1, 0.15) is 11.6 Å². The number of ketones is 1. The smallest absolute Gasteiger partial charge is 0.231 e. The Kier molecular flexibility index (Phi) is 4.18. The number of ether oxygens (including phenoxy) is 2. The van der Waals surface area contributed by atoms with E-state index in [2.05, 4.69) is 5.32 Å². The van der Waals surface area contributed by atoms with Gasteiger partial charge >= 0.3 is 0 Å². The number of nitriles is 1. The van der Waals surface area contributed by atoms with E-state index in [9.17, 15) is 10.1 Å². The molecule has 0 saturated heterocycles. The molecule has 0 atom stereocenters. The third-order valence-electron chi connectivity index (χ3n) is 3.24. The van der Waals surface area contributed by atoms with Gasteiger partial charge in [0.15, 0.2) is 11.5 Å². The highest BCUT2D eigenvalue weighted by Crippen LogP contribution is 2.34. The molecule has 2 aromatic carbocycles. The molecule has 3 rings (SSSR count). The zero-order valence-electron chi connectivity index (χ0n) is 11.9. The molecule has 1 heterocycles. The molecule has 114 valence electrons. The monoisotopic (exact) mass is 326 g/mol. The molecule has 0 fully saturated rings. The summed E-state index contributed by atoms with van der Waals surface area (Å²) >= 11 is 5.99. The topological polar surface area (TPSA) is 71.3 Å². The van der Waals surface area contributed by atoms with Crippen LogP contribution >= 0.6 is 11.6 Å². The van der Waals surface area contributed by atoms with Crippen molar-refractivity contribution < 1.29 is 14.3 Å². The van der Waals surface area contributed by atoms with Crippen molar-refractivity contribution in [1.29, 1.82) is 5.26 Å². The molecule has 0 radical (unpaired) electrons. The van der Waals surface area contributed by atoms with E-state index < -0.39 is 5.78 Å². The Morgan fingerprint density at radius 2 is 2.00 bits per heavy atom. The highest BCUT2D eigenvalue weighted by Gasteiger charge is 2.16. The number of nitrogens with one attached hydrogen (secondary N) is 1. The number of halogens is 1. The molecular formula is C17H11ClN2O3. The van der Waals surface area contributed by atoms with Crippen molar-refractivity contribution in [1.82, 2.24) is 0 Å². The van der Waals surface area contributed by atoms with Gasteiger partial charge in [-0.05, 0) is 24.3 Å². The average molecular weight is 327 g/mol. The summed E-state index contributed by atoms with van der Waals surface area (Å²) in [6.45, 7) is 0.184. The van der Waals surface area contributed by atoms with Gasteiger partial charge in [0.25, 0.3) is 0 Å². The van der Waals surface area contributed by atoms with Gasteiger partial charge in [-0.3, -0.25) is 4.79 Å². The largest absolute Gasteiger partial charge is 0.454 e. The first-order valence-electron chi connectivity index (χ1n) is 6.75. The fraction of sp³-hybridized carbons (Fsp3) is 0.0588. The van der Waals surface area contributed by atoms with Gasteiger partial charge in [0.05, 0.1) is 5.02 Å². The number of hydrogen-bond acceptors (Lipinski definition) is 5. The van der Waals surface area contributed by atoms with Gasteiger partial charge in [-0.2, -0.15) is 5.26 Å². The molecule has 1 aliphatic rings. The average Bonchev–Trinajstić information content (AvgIpc) is 3.03. The van der Waals surface area contributed by atoms with E-state index in [4.69, 9.17) is 21.1 Å². The molecular weight excluding hydrogens is 316 g/mol. The maximum Gasteiger partial charge on any atom is 0.231 e. The van der Waals surface area contributed by atoms with Crippen molar-refractivity contribution in [3.63, 3.8) is 0 Å². The molecule has 0 spiro atoms. The Morgan fingerprint density at radius 1 is 1.22 bits per heavy atom. The Morgan fingerprint density at radius 3 is 2.78 bits per heavy atom. The van der Waals surface area contributed by atoms with Crippen LogP contribution < -0.4 is 14.8 Å². The van der Waals surface area contributed by atoms with Crippen LogP contribution in [0, 0.1) is 11.3 Å². The Labute approximate surface area is 137 Å². The summed E-state index contributed by atoms with van der Waals surface area (Å²) in [5.74, 6) is 0.831. The van der Waals surface area contributed by atoms with Crippen LogP contribution in [0.4, 0.5) is 5.69 Å². The first-order chi connectivity index (χ1) is 11.2. The summed E-state index contributed by atoms with van der Waals surface area (Å²) in [5, 5.41) is 12.4. The summed E-state index contributed by atoms with van der Waals surface area (Å²) in [6, 6.07) is 13.7. The van der Waals surface area contributed by atoms with E-state index >= 15 is 0 Å². The first kappa shape index (κ1) is 14.9. The third kappa shape index (κ3) is 3.12. The second-order valence-corrected chi connectivity index (χ2v) is 5.10. The summed E-state index contributed by atoms with van der Waals surface area (Å²) in [5.41, 5.74) is 0.916. The van der Waals surface area contributed by atoms with Crippen LogP contribution in [0.5, 0.6) is 11.5 Å². The van der Waals surface area contributed by atoms with Crippen LogP contribution in [-0.2, 0) is 0 Å². The minimum atomic E-state index is -0.439. The van der Waals surface area contributed by atoms with Crippen LogP contribution in [0.25, 0.3) is 0 Å². The van der Waals surface area contributed by atoms with E-state index in [1.54, 1.807) is 42.5 Å². The predicted molar refractivity (Wildman–Crippen MR) is 85.7 cm³/mol. The third-order valence-corrected chi connectivity index (χ3v) is 3.57. The maximum absolute atomic E-state index is 12.3. The van der Waals surface area contributed by atoms with E-state index in [0.717, 1.165) is 0 Å². The number of benzene rings is 2. The predicted octanol–water partition coefficient (Wildman–Crippen LogP) is 3.77. The lowest BCUT2D eigenvalue weighted by Crippen LogP contribution is -2.05. The lowest BCUT2D eigenvalue weighted by molar-refractivity contribution is 0.103. The van der Waals surface area contributed by atoms with Crippen molar-refractivity contribution in [2.45, 2.75) is 0 Å². The van der Waals surface area contributed by atoms with E-state index in [-0.39, 0.29) is 17.9 Å². The molecule has 0 aliphatic carbocycles. The highest BCUT2D eigenvalue weighted by atomic mass is 35.5. The molecule has 0 bridgehead atoms. The second kappa shape index (κ2) is 6.42. The molecule has 0 amide bonds. The SMILES string of the molecule is N#C/C(=C/Nc1ccc2c(c1)OCO2)C(=O)c1ccccc1Cl. The molecule has 0 aromatic heterocycles. The quantitative estimate of drug-likeness (QED) is 0.526. The fourth-order valence-electron chi connectivity index (χ4n) is 2.08.